The predicted octanol–water partition coefficient (Wildman–Crippen LogP) is 3.41. The van der Waals surface area contributed by atoms with E-state index in [-0.39, 0.29) is 5.91 Å². The van der Waals surface area contributed by atoms with Gasteiger partial charge >= 0.3 is 0 Å². The van der Waals surface area contributed by atoms with E-state index in [1.165, 1.54) is 6.33 Å². The number of amides is 1. The minimum Gasteiger partial charge on any atom is -0.427 e. The Kier molecular flexibility index (Phi) is 4.88. The molecule has 0 bridgehead atoms. The van der Waals surface area contributed by atoms with Crippen molar-refractivity contribution in [3.05, 3.63) is 64.7 Å². The van der Waals surface area contributed by atoms with E-state index in [0.29, 0.717) is 34.2 Å². The van der Waals surface area contributed by atoms with Crippen molar-refractivity contribution in [2.45, 2.75) is 51.5 Å². The Morgan fingerprint density at radius 3 is 2.66 bits per heavy atom. The molecule has 9 heteroatoms. The van der Waals surface area contributed by atoms with Crippen LogP contribution in [0.15, 0.2) is 41.8 Å². The highest BCUT2D eigenvalue weighted by atomic mass is 16.5. The summed E-state index contributed by atoms with van der Waals surface area (Å²) < 4.78 is 1.06. The Hall–Kier alpha value is -3.75. The summed E-state index contributed by atoms with van der Waals surface area (Å²) in [5.41, 5.74) is 2.80. The van der Waals surface area contributed by atoms with Crippen LogP contribution in [0, 0.1) is 13.8 Å². The van der Waals surface area contributed by atoms with Gasteiger partial charge in [0.15, 0.2) is 11.3 Å². The number of fused-ring (bicyclic) bond motifs is 2. The van der Waals surface area contributed by atoms with Crippen LogP contribution in [0.2, 0.25) is 0 Å². The first-order chi connectivity index (χ1) is 15.4. The zero-order valence-electron chi connectivity index (χ0n) is 18.1. The second kappa shape index (κ2) is 7.74. The molecule has 1 fully saturated rings. The van der Waals surface area contributed by atoms with Gasteiger partial charge in [-0.05, 0) is 56.0 Å². The molecule has 1 saturated carbocycles. The van der Waals surface area contributed by atoms with Crippen molar-refractivity contribution >= 4 is 23.4 Å². The van der Waals surface area contributed by atoms with Gasteiger partial charge in [-0.3, -0.25) is 4.79 Å². The number of carbonyl (C=O) groups excluding carboxylic acids is 1. The van der Waals surface area contributed by atoms with E-state index in [1.54, 1.807) is 18.3 Å². The summed E-state index contributed by atoms with van der Waals surface area (Å²) in [5.74, 6) is 1.46. The van der Waals surface area contributed by atoms with Crippen LogP contribution >= 0.6 is 0 Å². The van der Waals surface area contributed by atoms with E-state index in [2.05, 4.69) is 30.6 Å². The van der Waals surface area contributed by atoms with Gasteiger partial charge in [0.1, 0.15) is 18.0 Å². The van der Waals surface area contributed by atoms with E-state index >= 15 is 0 Å². The van der Waals surface area contributed by atoms with Crippen molar-refractivity contribution in [2.75, 3.05) is 5.32 Å². The first-order valence-electron chi connectivity index (χ1n) is 10.8. The molecule has 0 unspecified atom stereocenters. The molecule has 9 nitrogen and oxygen atoms in total. The smallest absolute Gasteiger partial charge is 0.254 e. The average molecular weight is 432 g/mol. The monoisotopic (exact) mass is 431 g/mol. The van der Waals surface area contributed by atoms with Crippen LogP contribution in [-0.4, -0.2) is 30.8 Å². The summed E-state index contributed by atoms with van der Waals surface area (Å²) in [4.78, 5) is 30.0. The number of nitrogens with zero attached hydrogens (tertiary/aromatic N) is 5. The lowest BCUT2D eigenvalue weighted by Crippen LogP contribution is -2.43. The van der Waals surface area contributed by atoms with Crippen LogP contribution in [0.5, 0.6) is 0 Å². The molecule has 3 N–H and O–H groups in total. The molecule has 0 atom stereocenters. The minimum absolute atomic E-state index is 0.132. The number of pyridine rings is 2. The number of rotatable bonds is 3. The lowest BCUT2D eigenvalue weighted by Gasteiger charge is -2.34. The quantitative estimate of drug-likeness (QED) is 0.547. The van der Waals surface area contributed by atoms with Crippen molar-refractivity contribution in [3.63, 3.8) is 0 Å². The van der Waals surface area contributed by atoms with E-state index in [1.807, 2.05) is 26.0 Å². The summed E-state index contributed by atoms with van der Waals surface area (Å²) in [6, 6.07) is 7.23. The molecule has 2 aliphatic rings. The van der Waals surface area contributed by atoms with Gasteiger partial charge in [0.25, 0.3) is 5.91 Å². The molecule has 1 spiro atoms. The molecule has 0 radical (unpaired) electrons. The fourth-order valence-electron chi connectivity index (χ4n) is 4.73. The normalized spacial score (nSPS) is 17.3. The zero-order chi connectivity index (χ0) is 22.3. The molecule has 1 aliphatic carbocycles. The largest absolute Gasteiger partial charge is 0.427 e. The summed E-state index contributed by atoms with van der Waals surface area (Å²) in [6.07, 6.45) is 7.89. The van der Waals surface area contributed by atoms with Crippen LogP contribution in [0.1, 0.15) is 59.3 Å². The number of hydrogen-bond donors (Lipinski definition) is 3. The number of anilines is 2. The third-order valence-corrected chi connectivity index (χ3v) is 6.20. The maximum absolute atomic E-state index is 12.7. The highest BCUT2D eigenvalue weighted by Gasteiger charge is 2.47. The second-order valence-corrected chi connectivity index (χ2v) is 8.53. The van der Waals surface area contributed by atoms with Crippen molar-refractivity contribution < 1.29 is 10.0 Å². The number of aromatic nitrogens is 4. The highest BCUT2D eigenvalue weighted by Crippen LogP contribution is 2.42. The Morgan fingerprint density at radius 1 is 1.09 bits per heavy atom. The first-order valence-corrected chi connectivity index (χ1v) is 10.8. The molecular formula is C23H25N7O2. The number of aryl methyl sites for hydroxylation is 2. The van der Waals surface area contributed by atoms with Crippen molar-refractivity contribution in [1.29, 1.82) is 0 Å². The van der Waals surface area contributed by atoms with Crippen LogP contribution in [0.3, 0.4) is 0 Å². The van der Waals surface area contributed by atoms with Crippen molar-refractivity contribution in [2.24, 2.45) is 4.99 Å². The summed E-state index contributed by atoms with van der Waals surface area (Å²) in [5, 5.41) is 17.4. The fraction of sp³-hybridized carbons (Fsp3) is 0.348. The molecule has 3 aromatic rings. The fourth-order valence-corrected chi connectivity index (χ4v) is 4.73. The Bertz CT molecular complexity index is 1280. The maximum Gasteiger partial charge on any atom is 0.254 e. The molecule has 4 heterocycles. The molecule has 5 rings (SSSR count). The molecular weight excluding hydrogens is 406 g/mol. The van der Waals surface area contributed by atoms with Crippen LogP contribution in [0.4, 0.5) is 17.5 Å². The van der Waals surface area contributed by atoms with Crippen LogP contribution in [-0.2, 0) is 5.54 Å². The third-order valence-electron chi connectivity index (χ3n) is 6.20. The number of carbonyl (C=O) groups is 1. The minimum atomic E-state index is -0.537. The van der Waals surface area contributed by atoms with Crippen LogP contribution in [0.25, 0.3) is 0 Å². The highest BCUT2D eigenvalue weighted by molar-refractivity contribution is 6.00. The van der Waals surface area contributed by atoms with Gasteiger partial charge in [0.05, 0.1) is 16.8 Å². The van der Waals surface area contributed by atoms with Gasteiger partial charge in [-0.2, -0.15) is 4.73 Å². The van der Waals surface area contributed by atoms with Gasteiger partial charge in [-0.1, -0.05) is 19.3 Å². The molecule has 1 aliphatic heterocycles. The van der Waals surface area contributed by atoms with Gasteiger partial charge in [0.2, 0.25) is 0 Å². The van der Waals surface area contributed by atoms with E-state index in [0.717, 1.165) is 48.0 Å². The number of hydrogen-bond acceptors (Lipinski definition) is 7. The standard InChI is InChI=1S/C23H25N7O2/c1-14-6-9-24-16(10-14)27-17-12-18(26-13-25-17)28-19-11-15(2)20-21(30(19)32)23(29-22(20)31)7-4-3-5-8-23/h6,9-13,32H,3-5,7-8H2,1-2H3,(H,29,31)(H,24,25,26,27). The topological polar surface area (TPSA) is 117 Å². The lowest BCUT2D eigenvalue weighted by atomic mass is 9.79. The molecule has 164 valence electrons. The van der Waals surface area contributed by atoms with E-state index < -0.39 is 5.54 Å². The molecule has 0 aromatic carbocycles. The van der Waals surface area contributed by atoms with E-state index in [9.17, 15) is 10.0 Å². The zero-order valence-corrected chi connectivity index (χ0v) is 18.1. The van der Waals surface area contributed by atoms with Crippen LogP contribution < -0.4 is 16.1 Å². The van der Waals surface area contributed by atoms with Crippen molar-refractivity contribution in [3.8, 4) is 0 Å². The molecule has 3 aromatic heterocycles. The predicted molar refractivity (Wildman–Crippen MR) is 118 cm³/mol. The van der Waals surface area contributed by atoms with Gasteiger partial charge in [0, 0.05) is 12.3 Å². The second-order valence-electron chi connectivity index (χ2n) is 8.53. The number of nitrogens with one attached hydrogen (secondary N) is 2. The molecule has 32 heavy (non-hydrogen) atoms. The van der Waals surface area contributed by atoms with Gasteiger partial charge in [-0.15, -0.1) is 0 Å². The maximum atomic E-state index is 12.7. The SMILES string of the molecule is Cc1ccnc(Nc2cc(N=c3cc(C)c4c(n3O)C3(CCCCC3)NC4=O)ncn2)c1. The third kappa shape index (κ3) is 3.49. The Labute approximate surface area is 185 Å². The van der Waals surface area contributed by atoms with Gasteiger partial charge < -0.3 is 15.8 Å². The van der Waals surface area contributed by atoms with Gasteiger partial charge in [-0.25, -0.2) is 19.9 Å². The Balaban J connectivity index is 1.56. The molecule has 1 amide bonds. The summed E-state index contributed by atoms with van der Waals surface area (Å²) in [6.45, 7) is 3.86. The summed E-state index contributed by atoms with van der Waals surface area (Å²) >= 11 is 0. The Morgan fingerprint density at radius 2 is 1.88 bits per heavy atom. The lowest BCUT2D eigenvalue weighted by molar-refractivity contribution is 0.0892. The van der Waals surface area contributed by atoms with E-state index in [4.69, 9.17) is 0 Å². The average Bonchev–Trinajstić information content (AvgIpc) is 3.04. The molecule has 0 saturated heterocycles. The summed E-state index contributed by atoms with van der Waals surface area (Å²) in [7, 11) is 0. The first kappa shape index (κ1) is 20.2. The van der Waals surface area contributed by atoms with Crippen molar-refractivity contribution in [1.82, 2.24) is 25.0 Å².